The molecule has 0 aliphatic rings. The third-order valence-electron chi connectivity index (χ3n) is 19.1. The molecular formula is C91H113F19O15. The van der Waals surface area contributed by atoms with E-state index in [1.54, 1.807) is 60.7 Å². The summed E-state index contributed by atoms with van der Waals surface area (Å²) < 4.78 is 283. The summed E-state index contributed by atoms with van der Waals surface area (Å²) in [6.45, 7) is 26.2. The van der Waals surface area contributed by atoms with Crippen LogP contribution in [-0.4, -0.2) is 137 Å². The predicted octanol–water partition coefficient (Wildman–Crippen LogP) is 26.3. The largest absolute Gasteiger partial charge is 0.482 e. The lowest BCUT2D eigenvalue weighted by molar-refractivity contribution is -0.217. The van der Waals surface area contributed by atoms with Gasteiger partial charge in [0.2, 0.25) is 0 Å². The fourth-order valence-electron chi connectivity index (χ4n) is 10.5. The van der Waals surface area contributed by atoms with Gasteiger partial charge in [0.15, 0.2) is 51.3 Å². The van der Waals surface area contributed by atoms with Crippen LogP contribution in [0.4, 0.5) is 83.4 Å². The molecule has 15 nitrogen and oxygen atoms in total. The van der Waals surface area contributed by atoms with Gasteiger partial charge in [-0.25, -0.2) is 41.5 Å². The molecule has 7 rings (SSSR count). The van der Waals surface area contributed by atoms with E-state index in [4.69, 9.17) is 28.4 Å². The maximum atomic E-state index is 13.0. The third kappa shape index (κ3) is 45.2. The van der Waals surface area contributed by atoms with E-state index in [2.05, 4.69) is 99.5 Å². The summed E-state index contributed by atoms with van der Waals surface area (Å²) in [5.74, 6) is -8.65. The normalized spacial score (nSPS) is 13.3. The van der Waals surface area contributed by atoms with E-state index in [0.29, 0.717) is 52.4 Å². The van der Waals surface area contributed by atoms with E-state index in [-0.39, 0.29) is 31.5 Å². The SMILES string of the molecule is CC.CC(C)c1ccc(OCC(=O)OCCCC(F)(F)CC(F)(F)F)cc1.CCC(C)(C)c1ccc2cc(OCC(=O)OC(C)C(F)(F)F)ccc2c1.CCC(C)c1ccc(OCC(=O)OC(C)C(F)(F)F)cc1.CCC(C)c1ccc(OCC(=O)OCCCC(F)(F)CC(F)(F)F)cc1.CCC(C)c1ccc2cc(OCC(=O)OC(C)C(F)(F)F)ccc2c1. The molecule has 6 unspecified atom stereocenters. The van der Waals surface area contributed by atoms with Crippen LogP contribution in [0.1, 0.15) is 226 Å². The zero-order chi connectivity index (χ0) is 95.1. The Morgan fingerprint density at radius 1 is 0.320 bits per heavy atom. The summed E-state index contributed by atoms with van der Waals surface area (Å²) in [7, 11) is 0. The van der Waals surface area contributed by atoms with Gasteiger partial charge in [-0.1, -0.05) is 175 Å². The fourth-order valence-corrected chi connectivity index (χ4v) is 10.5. The van der Waals surface area contributed by atoms with Crippen LogP contribution in [0.15, 0.2) is 146 Å². The second-order valence-corrected chi connectivity index (χ2v) is 29.9. The minimum atomic E-state index is -4.93. The molecule has 7 aromatic rings. The maximum Gasteiger partial charge on any atom is 0.425 e. The topological polar surface area (TPSA) is 178 Å². The van der Waals surface area contributed by atoms with Crippen LogP contribution in [0.2, 0.25) is 0 Å². The minimum absolute atomic E-state index is 0.0717. The number of halogens is 19. The predicted molar refractivity (Wildman–Crippen MR) is 436 cm³/mol. The molecule has 0 saturated carbocycles. The number of alkyl halides is 19. The van der Waals surface area contributed by atoms with Gasteiger partial charge in [-0.3, -0.25) is 0 Å². The highest BCUT2D eigenvalue weighted by Gasteiger charge is 2.45. The molecular weight excluding hydrogens is 1690 g/mol. The molecule has 7 aromatic carbocycles. The Hall–Kier alpha value is -9.92. The monoisotopic (exact) mass is 1810 g/mol. The number of carbonyl (C=O) groups is 5. The van der Waals surface area contributed by atoms with Gasteiger partial charge >= 0.3 is 60.7 Å². The first-order chi connectivity index (χ1) is 58.0. The first-order valence-electron chi connectivity index (χ1n) is 40.5. The Balaban J connectivity index is 0.000000527. The van der Waals surface area contributed by atoms with Crippen LogP contribution in [0.3, 0.4) is 0 Å². The molecule has 0 spiro atoms. The summed E-state index contributed by atoms with van der Waals surface area (Å²) in [5.41, 5.74) is 5.93. The molecule has 0 N–H and O–H groups in total. The molecule has 0 heterocycles. The maximum absolute atomic E-state index is 13.0. The van der Waals surface area contributed by atoms with Crippen LogP contribution >= 0.6 is 0 Å². The molecule has 0 fully saturated rings. The Kier molecular flexibility index (Phi) is 46.5. The summed E-state index contributed by atoms with van der Waals surface area (Å²) in [5, 5.41) is 3.93. The highest BCUT2D eigenvalue weighted by molar-refractivity contribution is 5.86. The lowest BCUT2D eigenvalue weighted by Crippen LogP contribution is -2.32. The van der Waals surface area contributed by atoms with Gasteiger partial charge in [-0.15, -0.1) is 0 Å². The van der Waals surface area contributed by atoms with E-state index in [1.807, 2.05) is 94.4 Å². The lowest BCUT2D eigenvalue weighted by Gasteiger charge is -2.23. The molecule has 34 heteroatoms. The lowest BCUT2D eigenvalue weighted by atomic mass is 9.81. The van der Waals surface area contributed by atoms with Crippen molar-refractivity contribution in [3.63, 3.8) is 0 Å². The molecule has 0 aromatic heterocycles. The number of benzene rings is 7. The molecule has 0 aliphatic heterocycles. The molecule has 0 bridgehead atoms. The molecule has 0 saturated heterocycles. The zero-order valence-electron chi connectivity index (χ0n) is 72.7. The second kappa shape index (κ2) is 52.3. The van der Waals surface area contributed by atoms with Gasteiger partial charge in [-0.2, -0.15) is 65.9 Å². The van der Waals surface area contributed by atoms with Crippen molar-refractivity contribution in [1.82, 2.24) is 0 Å². The van der Waals surface area contributed by atoms with E-state index in [0.717, 1.165) is 84.7 Å². The van der Waals surface area contributed by atoms with Crippen LogP contribution < -0.4 is 23.7 Å². The van der Waals surface area contributed by atoms with Crippen molar-refractivity contribution in [2.75, 3.05) is 46.2 Å². The van der Waals surface area contributed by atoms with E-state index in [1.165, 1.54) is 11.1 Å². The standard InChI is InChI=1S/C20H23F3O3.C19H21F3O3.C18H23F5O3.C17H21F5O3.C15H19F3O3.C2H6/c1-5-19(3,4)16-8-6-15-11-17(9-7-14(15)10-16)25-12-18(24)26-13(2)20(21,22)23;1-4-12(2)14-5-6-16-10-17(8-7-15(16)9-14)24-11-18(23)25-13(3)19(20,21)22;1-3-13(2)14-5-7-15(8-6-14)26-11-16(24)25-10-4-9-17(19,20)12-18(21,22)23;1-12(2)13-4-6-14(7-5-13)25-10-15(23)24-9-3-8-16(18,19)11-17(20,21)22;1-4-10(2)12-5-7-13(8-6-12)20-9-14(19)21-11(3)15(16,17)18;1-2/h6-11,13H,5,12H2,1-4H3;5-10,12-13H,4,11H2,1-3H3;5-8,13H,3-4,9-12H2,1-2H3;4-7,12H,3,8-11H2,1-2H3;5-8,10-11H,4,9H2,1-3H3;1-2H3. The highest BCUT2D eigenvalue weighted by atomic mass is 19.4. The molecule has 0 radical (unpaired) electrons. The minimum Gasteiger partial charge on any atom is -0.482 e. The Labute approximate surface area is 716 Å². The number of carbonyl (C=O) groups excluding carboxylic acids is 5. The first kappa shape index (κ1) is 111. The quantitative estimate of drug-likeness (QED) is 0.0155. The number of esters is 5. The Morgan fingerprint density at radius 3 is 0.888 bits per heavy atom. The van der Waals surface area contributed by atoms with Crippen molar-refractivity contribution in [3.05, 3.63) is 173 Å². The average Bonchev–Trinajstić information content (AvgIpc) is 0.806. The van der Waals surface area contributed by atoms with Gasteiger partial charge in [0.05, 0.1) is 13.2 Å². The number of fused-ring (bicyclic) bond motifs is 2. The second-order valence-electron chi connectivity index (χ2n) is 29.9. The Bertz CT molecular complexity index is 4340. The van der Waals surface area contributed by atoms with Crippen molar-refractivity contribution < 1.29 is 155 Å². The number of rotatable bonds is 37. The van der Waals surface area contributed by atoms with Crippen molar-refractivity contribution in [2.24, 2.45) is 0 Å². The molecule has 700 valence electrons. The summed E-state index contributed by atoms with van der Waals surface area (Å²) >= 11 is 0. The van der Waals surface area contributed by atoms with Gasteiger partial charge in [0.25, 0.3) is 11.8 Å². The van der Waals surface area contributed by atoms with Gasteiger partial charge in [0.1, 0.15) is 41.6 Å². The smallest absolute Gasteiger partial charge is 0.425 e. The first-order valence-corrected chi connectivity index (χ1v) is 40.5. The number of ether oxygens (including phenoxy) is 10. The zero-order valence-corrected chi connectivity index (χ0v) is 72.7. The van der Waals surface area contributed by atoms with Gasteiger partial charge in [-0.05, 0) is 198 Å². The number of hydrogen-bond acceptors (Lipinski definition) is 15. The molecule has 0 aliphatic carbocycles. The van der Waals surface area contributed by atoms with Gasteiger partial charge < -0.3 is 47.4 Å². The molecule has 0 amide bonds. The van der Waals surface area contributed by atoms with E-state index in [9.17, 15) is 107 Å². The van der Waals surface area contributed by atoms with Crippen molar-refractivity contribution in [1.29, 1.82) is 0 Å². The number of hydrogen-bond donors (Lipinski definition) is 0. The average molecular weight is 1810 g/mol. The van der Waals surface area contributed by atoms with E-state index >= 15 is 0 Å². The van der Waals surface area contributed by atoms with Crippen LogP contribution in [0.25, 0.3) is 21.5 Å². The van der Waals surface area contributed by atoms with Crippen LogP contribution in [0, 0.1) is 0 Å². The summed E-state index contributed by atoms with van der Waals surface area (Å²) in [4.78, 5) is 57.1. The van der Waals surface area contributed by atoms with Crippen molar-refractivity contribution >= 4 is 51.4 Å². The Morgan fingerprint density at radius 2 is 0.584 bits per heavy atom. The van der Waals surface area contributed by atoms with Crippen molar-refractivity contribution in [2.45, 2.75) is 265 Å². The van der Waals surface area contributed by atoms with Crippen molar-refractivity contribution in [3.8, 4) is 28.7 Å². The van der Waals surface area contributed by atoms with Gasteiger partial charge in [0, 0.05) is 12.8 Å². The molecule has 6 atom stereocenters. The molecule has 125 heavy (non-hydrogen) atoms. The highest BCUT2D eigenvalue weighted by Crippen LogP contribution is 2.38. The summed E-state index contributed by atoms with van der Waals surface area (Å²) in [6.07, 6.45) is -33.1. The third-order valence-corrected chi connectivity index (χ3v) is 19.1. The van der Waals surface area contributed by atoms with Crippen LogP contribution in [0.5, 0.6) is 28.7 Å². The van der Waals surface area contributed by atoms with E-state index < -0.39 is 150 Å². The fraction of sp³-hybridized carbons (Fsp3) is 0.527. The summed E-state index contributed by atoms with van der Waals surface area (Å²) in [6, 6.07) is 44.2. The van der Waals surface area contributed by atoms with Crippen LogP contribution in [-0.2, 0) is 53.1 Å².